The second-order valence-corrected chi connectivity index (χ2v) is 7.51. The Kier molecular flexibility index (Phi) is 5.62. The van der Waals surface area contributed by atoms with Gasteiger partial charge < -0.3 is 14.5 Å². The predicted octanol–water partition coefficient (Wildman–Crippen LogP) is 2.03. The van der Waals surface area contributed by atoms with Crippen molar-refractivity contribution in [3.8, 4) is 5.69 Å². The van der Waals surface area contributed by atoms with Gasteiger partial charge in [0.15, 0.2) is 0 Å². The van der Waals surface area contributed by atoms with Crippen molar-refractivity contribution in [1.29, 1.82) is 0 Å². The number of ether oxygens (including phenoxy) is 1. The van der Waals surface area contributed by atoms with E-state index in [9.17, 15) is 14.0 Å². The smallest absolute Gasteiger partial charge is 0.257 e. The fourth-order valence-electron chi connectivity index (χ4n) is 4.03. The maximum Gasteiger partial charge on any atom is 0.257 e. The highest BCUT2D eigenvalue weighted by Crippen LogP contribution is 2.24. The first-order valence-electron chi connectivity index (χ1n) is 10.0. The minimum atomic E-state index is -0.389. The molecule has 7 nitrogen and oxygen atoms in total. The molecule has 4 rings (SSSR count). The summed E-state index contributed by atoms with van der Waals surface area (Å²) in [7, 11) is 0. The summed E-state index contributed by atoms with van der Waals surface area (Å²) in [5, 5.41) is 4.22. The molecule has 29 heavy (non-hydrogen) atoms. The molecule has 0 saturated carbocycles. The van der Waals surface area contributed by atoms with Crippen molar-refractivity contribution < 1.29 is 18.7 Å². The summed E-state index contributed by atoms with van der Waals surface area (Å²) in [5.41, 5.74) is 1.39. The first-order chi connectivity index (χ1) is 14.1. The minimum absolute atomic E-state index is 0.0422. The molecule has 0 bridgehead atoms. The molecule has 1 aromatic heterocycles. The van der Waals surface area contributed by atoms with Crippen LogP contribution in [0.3, 0.4) is 0 Å². The Morgan fingerprint density at radius 2 is 1.76 bits per heavy atom. The molecular weight excluding hydrogens is 375 g/mol. The van der Waals surface area contributed by atoms with Gasteiger partial charge >= 0.3 is 0 Å². The number of carbonyl (C=O) groups is 2. The largest absolute Gasteiger partial charge is 0.378 e. The van der Waals surface area contributed by atoms with Gasteiger partial charge in [-0.25, -0.2) is 9.07 Å². The van der Waals surface area contributed by atoms with Gasteiger partial charge in [0.1, 0.15) is 11.5 Å². The van der Waals surface area contributed by atoms with Gasteiger partial charge in [-0.2, -0.15) is 5.10 Å². The van der Waals surface area contributed by atoms with Crippen LogP contribution in [-0.2, 0) is 9.53 Å². The van der Waals surface area contributed by atoms with E-state index in [-0.39, 0.29) is 23.5 Å². The molecule has 3 heterocycles. The van der Waals surface area contributed by atoms with Crippen LogP contribution in [0.4, 0.5) is 4.39 Å². The number of halogens is 1. The lowest BCUT2D eigenvalue weighted by Crippen LogP contribution is -2.47. The number of hydrogen-bond acceptors (Lipinski definition) is 4. The number of rotatable bonds is 3. The standard InChI is InChI=1S/C21H25FN4O3/c1-15-17(14-23-26(15)19-5-3-2-4-18(19)22)21(28)24-8-6-16(7-9-24)20(27)25-10-12-29-13-11-25/h2-5,14,16H,6-13H2,1H3. The van der Waals surface area contributed by atoms with Crippen molar-refractivity contribution in [2.24, 2.45) is 5.92 Å². The van der Waals surface area contributed by atoms with Crippen LogP contribution in [0.25, 0.3) is 5.69 Å². The van der Waals surface area contributed by atoms with Crippen LogP contribution >= 0.6 is 0 Å². The number of para-hydroxylation sites is 1. The van der Waals surface area contributed by atoms with Gasteiger partial charge in [-0.15, -0.1) is 0 Å². The second kappa shape index (κ2) is 8.32. The van der Waals surface area contributed by atoms with Gasteiger partial charge in [0.05, 0.1) is 30.7 Å². The number of amides is 2. The number of piperidine rings is 1. The van der Waals surface area contributed by atoms with Gasteiger partial charge in [0.2, 0.25) is 5.91 Å². The van der Waals surface area contributed by atoms with Crippen LogP contribution in [0.15, 0.2) is 30.5 Å². The molecule has 8 heteroatoms. The molecule has 0 atom stereocenters. The van der Waals surface area contributed by atoms with Gasteiger partial charge in [-0.05, 0) is 31.9 Å². The van der Waals surface area contributed by atoms with E-state index in [1.807, 2.05) is 4.90 Å². The van der Waals surface area contributed by atoms with Crippen molar-refractivity contribution in [3.63, 3.8) is 0 Å². The molecule has 2 aliphatic heterocycles. The van der Waals surface area contributed by atoms with Crippen LogP contribution in [-0.4, -0.2) is 70.8 Å². The van der Waals surface area contributed by atoms with Crippen molar-refractivity contribution in [2.45, 2.75) is 19.8 Å². The molecule has 2 amide bonds. The van der Waals surface area contributed by atoms with Gasteiger partial charge in [-0.1, -0.05) is 12.1 Å². The minimum Gasteiger partial charge on any atom is -0.378 e. The van der Waals surface area contributed by atoms with Gasteiger partial charge in [0, 0.05) is 32.1 Å². The Labute approximate surface area is 169 Å². The number of nitrogens with zero attached hydrogens (tertiary/aromatic N) is 4. The van der Waals surface area contributed by atoms with E-state index >= 15 is 0 Å². The van der Waals surface area contributed by atoms with Crippen molar-refractivity contribution in [3.05, 3.63) is 47.5 Å². The summed E-state index contributed by atoms with van der Waals surface area (Å²) in [5.74, 6) is -0.383. The van der Waals surface area contributed by atoms with Gasteiger partial charge in [-0.3, -0.25) is 9.59 Å². The number of likely N-dealkylation sites (tertiary alicyclic amines) is 1. The lowest BCUT2D eigenvalue weighted by Gasteiger charge is -2.35. The molecule has 2 aromatic rings. The van der Waals surface area contributed by atoms with Gasteiger partial charge in [0.25, 0.3) is 5.91 Å². The molecule has 2 aliphatic rings. The summed E-state index contributed by atoms with van der Waals surface area (Å²) in [4.78, 5) is 29.3. The summed E-state index contributed by atoms with van der Waals surface area (Å²) >= 11 is 0. The third-order valence-electron chi connectivity index (χ3n) is 5.78. The lowest BCUT2D eigenvalue weighted by molar-refractivity contribution is -0.141. The van der Waals surface area contributed by atoms with E-state index in [1.165, 1.54) is 16.9 Å². The number of aromatic nitrogens is 2. The number of hydrogen-bond donors (Lipinski definition) is 0. The first kappa shape index (κ1) is 19.6. The Hall–Kier alpha value is -2.74. The van der Waals surface area contributed by atoms with E-state index in [0.717, 1.165) is 0 Å². The molecule has 2 fully saturated rings. The zero-order valence-electron chi connectivity index (χ0n) is 16.5. The van der Waals surface area contributed by atoms with E-state index < -0.39 is 0 Å². The van der Waals surface area contributed by atoms with Crippen molar-refractivity contribution in [1.82, 2.24) is 19.6 Å². The van der Waals surface area contributed by atoms with E-state index in [4.69, 9.17) is 4.74 Å². The second-order valence-electron chi connectivity index (χ2n) is 7.51. The van der Waals surface area contributed by atoms with Crippen LogP contribution in [0.5, 0.6) is 0 Å². The van der Waals surface area contributed by atoms with Crippen molar-refractivity contribution in [2.75, 3.05) is 39.4 Å². The van der Waals surface area contributed by atoms with E-state index in [0.29, 0.717) is 69.2 Å². The number of benzene rings is 1. The summed E-state index contributed by atoms with van der Waals surface area (Å²) in [6.07, 6.45) is 2.81. The summed E-state index contributed by atoms with van der Waals surface area (Å²) in [6, 6.07) is 6.35. The Morgan fingerprint density at radius 3 is 2.45 bits per heavy atom. The predicted molar refractivity (Wildman–Crippen MR) is 104 cm³/mol. The molecule has 0 radical (unpaired) electrons. The third-order valence-corrected chi connectivity index (χ3v) is 5.78. The highest BCUT2D eigenvalue weighted by atomic mass is 19.1. The molecule has 0 N–H and O–H groups in total. The third kappa shape index (κ3) is 3.89. The molecule has 154 valence electrons. The fraction of sp³-hybridized carbons (Fsp3) is 0.476. The van der Waals surface area contributed by atoms with E-state index in [2.05, 4.69) is 5.10 Å². The molecule has 0 unspecified atom stereocenters. The maximum atomic E-state index is 14.1. The quantitative estimate of drug-likeness (QED) is 0.791. The normalized spacial score (nSPS) is 18.1. The van der Waals surface area contributed by atoms with Crippen LogP contribution in [0.1, 0.15) is 28.9 Å². The average Bonchev–Trinajstić information content (AvgIpc) is 3.15. The van der Waals surface area contributed by atoms with Crippen LogP contribution in [0, 0.1) is 18.7 Å². The number of morpholine rings is 1. The lowest BCUT2D eigenvalue weighted by atomic mass is 9.94. The highest BCUT2D eigenvalue weighted by Gasteiger charge is 2.32. The Balaban J connectivity index is 1.41. The number of carbonyl (C=O) groups excluding carboxylic acids is 2. The van der Waals surface area contributed by atoms with Crippen LogP contribution in [0.2, 0.25) is 0 Å². The zero-order valence-corrected chi connectivity index (χ0v) is 16.5. The summed E-state index contributed by atoms with van der Waals surface area (Å²) in [6.45, 7) is 5.30. The zero-order chi connectivity index (χ0) is 20.4. The average molecular weight is 400 g/mol. The fourth-order valence-corrected chi connectivity index (χ4v) is 4.03. The first-order valence-corrected chi connectivity index (χ1v) is 10.0. The molecule has 0 aliphatic carbocycles. The highest BCUT2D eigenvalue weighted by molar-refractivity contribution is 5.95. The molecular formula is C21H25FN4O3. The monoisotopic (exact) mass is 400 g/mol. The topological polar surface area (TPSA) is 67.7 Å². The Morgan fingerprint density at radius 1 is 1.07 bits per heavy atom. The molecule has 0 spiro atoms. The maximum absolute atomic E-state index is 14.1. The molecule has 1 aromatic carbocycles. The SMILES string of the molecule is Cc1c(C(=O)N2CCC(C(=O)N3CCOCC3)CC2)cnn1-c1ccccc1F. The van der Waals surface area contributed by atoms with Crippen LogP contribution < -0.4 is 0 Å². The molecule has 2 saturated heterocycles. The van der Waals surface area contributed by atoms with Crippen molar-refractivity contribution >= 4 is 11.8 Å². The Bertz CT molecular complexity index is 899. The summed E-state index contributed by atoms with van der Waals surface area (Å²) < 4.78 is 20.9. The van der Waals surface area contributed by atoms with E-state index in [1.54, 1.807) is 30.0 Å².